The van der Waals surface area contributed by atoms with E-state index in [4.69, 9.17) is 9.56 Å². The number of hydrogen-bond acceptors (Lipinski definition) is 6. The first kappa shape index (κ1) is 21.4. The van der Waals surface area contributed by atoms with E-state index in [1.54, 1.807) is 58.2 Å². The van der Waals surface area contributed by atoms with Crippen LogP contribution < -0.4 is 14.2 Å². The average molecular weight is 430 g/mol. The number of aromatic hydroxyl groups is 1. The molecular formula is C21H22N2O6S. The van der Waals surface area contributed by atoms with Gasteiger partial charge in [-0.2, -0.15) is 13.6 Å². The van der Waals surface area contributed by atoms with Crippen molar-refractivity contribution in [2.75, 3.05) is 11.9 Å². The van der Waals surface area contributed by atoms with Gasteiger partial charge in [0.25, 0.3) is 5.91 Å². The van der Waals surface area contributed by atoms with Gasteiger partial charge in [0.1, 0.15) is 17.3 Å². The lowest BCUT2D eigenvalue weighted by molar-refractivity contribution is 0.0967. The molecule has 0 aliphatic rings. The minimum Gasteiger partial charge on any atom is -0.507 e. The molecule has 0 aliphatic heterocycles. The zero-order valence-electron chi connectivity index (χ0n) is 17.0. The van der Waals surface area contributed by atoms with Crippen molar-refractivity contribution in [3.8, 4) is 22.8 Å². The quantitative estimate of drug-likeness (QED) is 0.639. The fourth-order valence-electron chi connectivity index (χ4n) is 3.17. The molecular weight excluding hydrogens is 408 g/mol. The summed E-state index contributed by atoms with van der Waals surface area (Å²) in [7, 11) is -2.54. The monoisotopic (exact) mass is 430 g/mol. The summed E-state index contributed by atoms with van der Waals surface area (Å²) >= 11 is 0. The number of hydrogen-bond donors (Lipinski definition) is 2. The number of amides is 1. The van der Waals surface area contributed by atoms with Crippen LogP contribution in [0.2, 0.25) is 0 Å². The minimum atomic E-state index is -4.13. The lowest BCUT2D eigenvalue weighted by Crippen LogP contribution is -2.26. The highest BCUT2D eigenvalue weighted by molar-refractivity contribution is 7.84. The van der Waals surface area contributed by atoms with Crippen LogP contribution in [-0.2, 0) is 10.3 Å². The zero-order valence-corrected chi connectivity index (χ0v) is 17.8. The second kappa shape index (κ2) is 7.85. The van der Waals surface area contributed by atoms with Crippen LogP contribution in [0.1, 0.15) is 27.2 Å². The van der Waals surface area contributed by atoms with E-state index in [-0.39, 0.29) is 23.2 Å². The van der Waals surface area contributed by atoms with E-state index in [0.29, 0.717) is 28.1 Å². The molecule has 0 bridgehead atoms. The molecule has 158 valence electrons. The number of phenolic OH excluding ortho intramolecular Hbond substituents is 1. The van der Waals surface area contributed by atoms with E-state index in [1.807, 2.05) is 0 Å². The maximum absolute atomic E-state index is 12.9. The summed E-state index contributed by atoms with van der Waals surface area (Å²) in [6.45, 7) is 5.30. The van der Waals surface area contributed by atoms with Crippen molar-refractivity contribution in [1.82, 2.24) is 0 Å². The lowest BCUT2D eigenvalue weighted by atomic mass is 10.0. The Morgan fingerprint density at radius 3 is 2.23 bits per heavy atom. The van der Waals surface area contributed by atoms with Crippen molar-refractivity contribution < 1.29 is 26.9 Å². The van der Waals surface area contributed by atoms with E-state index in [2.05, 4.69) is 4.18 Å². The standard InChI is InChI=1S/C21H22N2O6S/c1-12-11-16(29-30(22,26)27)5-6-17(12)23(4)21(25)19-8-7-18(28-19)15-9-13(2)20(24)14(3)10-15/h5-11,24H,1-4H3,(H2,22,26,27). The van der Waals surface area contributed by atoms with Gasteiger partial charge in [0.2, 0.25) is 0 Å². The number of nitrogens with zero attached hydrogens (tertiary/aromatic N) is 1. The number of benzene rings is 2. The molecule has 0 aliphatic carbocycles. The molecule has 0 saturated heterocycles. The molecule has 0 unspecified atom stereocenters. The zero-order chi connectivity index (χ0) is 22.2. The number of carbonyl (C=O) groups is 1. The molecule has 0 spiro atoms. The predicted molar refractivity (Wildman–Crippen MR) is 113 cm³/mol. The van der Waals surface area contributed by atoms with Crippen LogP contribution in [0.3, 0.4) is 0 Å². The van der Waals surface area contributed by atoms with Crippen molar-refractivity contribution in [3.05, 3.63) is 64.9 Å². The van der Waals surface area contributed by atoms with Crippen molar-refractivity contribution in [2.24, 2.45) is 5.14 Å². The summed E-state index contributed by atoms with van der Waals surface area (Å²) < 4.78 is 32.6. The van der Waals surface area contributed by atoms with Crippen LogP contribution in [0.4, 0.5) is 5.69 Å². The number of furan rings is 1. The molecule has 0 fully saturated rings. The highest BCUT2D eigenvalue weighted by Crippen LogP contribution is 2.31. The number of nitrogens with two attached hydrogens (primary N) is 1. The molecule has 0 saturated carbocycles. The minimum absolute atomic E-state index is 0.0537. The SMILES string of the molecule is Cc1cc(OS(N)(=O)=O)ccc1N(C)C(=O)c1ccc(-c2cc(C)c(O)c(C)c2)o1. The first-order valence-electron chi connectivity index (χ1n) is 8.97. The van der Waals surface area contributed by atoms with E-state index in [0.717, 1.165) is 5.56 Å². The van der Waals surface area contributed by atoms with Gasteiger partial charge in [-0.25, -0.2) is 0 Å². The summed E-state index contributed by atoms with van der Waals surface area (Å²) in [6.07, 6.45) is 0. The van der Waals surface area contributed by atoms with Gasteiger partial charge in [-0.3, -0.25) is 4.79 Å². The fourth-order valence-corrected chi connectivity index (χ4v) is 3.54. The molecule has 2 aromatic carbocycles. The van der Waals surface area contributed by atoms with Gasteiger partial charge in [0.15, 0.2) is 5.76 Å². The van der Waals surface area contributed by atoms with Crippen LogP contribution in [0.5, 0.6) is 11.5 Å². The third-order valence-electron chi connectivity index (χ3n) is 4.64. The lowest BCUT2D eigenvalue weighted by Gasteiger charge is -2.19. The first-order chi connectivity index (χ1) is 14.0. The summed E-state index contributed by atoms with van der Waals surface area (Å²) in [6, 6.07) is 11.3. The van der Waals surface area contributed by atoms with Gasteiger partial charge >= 0.3 is 10.3 Å². The molecule has 0 radical (unpaired) electrons. The average Bonchev–Trinajstić information content (AvgIpc) is 3.13. The molecule has 1 aromatic heterocycles. The Hall–Kier alpha value is -3.30. The van der Waals surface area contributed by atoms with Crippen molar-refractivity contribution >= 4 is 21.9 Å². The Bertz CT molecular complexity index is 1210. The van der Waals surface area contributed by atoms with Gasteiger partial charge in [0.05, 0.1) is 0 Å². The number of aryl methyl sites for hydroxylation is 3. The Balaban J connectivity index is 1.86. The molecule has 1 heterocycles. The third kappa shape index (κ3) is 4.47. The Morgan fingerprint density at radius 2 is 1.67 bits per heavy atom. The second-order valence-corrected chi connectivity index (χ2v) is 8.16. The van der Waals surface area contributed by atoms with Crippen molar-refractivity contribution in [1.29, 1.82) is 0 Å². The highest BCUT2D eigenvalue weighted by Gasteiger charge is 2.20. The molecule has 3 rings (SSSR count). The van der Waals surface area contributed by atoms with E-state index in [9.17, 15) is 18.3 Å². The van der Waals surface area contributed by atoms with Crippen molar-refractivity contribution in [3.63, 3.8) is 0 Å². The molecule has 9 heteroatoms. The number of phenols is 1. The van der Waals surface area contributed by atoms with Crippen LogP contribution >= 0.6 is 0 Å². The van der Waals surface area contributed by atoms with Crippen molar-refractivity contribution in [2.45, 2.75) is 20.8 Å². The summed E-state index contributed by atoms with van der Waals surface area (Å²) in [5, 5.41) is 14.8. The van der Waals surface area contributed by atoms with Gasteiger partial charge < -0.3 is 18.6 Å². The van der Waals surface area contributed by atoms with E-state index >= 15 is 0 Å². The molecule has 3 aromatic rings. The Morgan fingerprint density at radius 1 is 1.03 bits per heavy atom. The summed E-state index contributed by atoms with van der Waals surface area (Å²) in [5.41, 5.74) is 3.34. The largest absolute Gasteiger partial charge is 0.507 e. The molecule has 8 nitrogen and oxygen atoms in total. The summed E-state index contributed by atoms with van der Waals surface area (Å²) in [4.78, 5) is 14.3. The van der Waals surface area contributed by atoms with E-state index < -0.39 is 10.3 Å². The molecule has 30 heavy (non-hydrogen) atoms. The van der Waals surface area contributed by atoms with Crippen LogP contribution in [0.25, 0.3) is 11.3 Å². The van der Waals surface area contributed by atoms with Crippen LogP contribution in [0.15, 0.2) is 46.9 Å². The molecule has 1 amide bonds. The van der Waals surface area contributed by atoms with Crippen LogP contribution in [-0.4, -0.2) is 26.5 Å². The van der Waals surface area contributed by atoms with Gasteiger partial charge in [0, 0.05) is 18.3 Å². The maximum atomic E-state index is 12.9. The topological polar surface area (TPSA) is 123 Å². The van der Waals surface area contributed by atoms with Gasteiger partial charge in [-0.1, -0.05) is 0 Å². The first-order valence-corrected chi connectivity index (χ1v) is 10.4. The normalized spacial score (nSPS) is 11.4. The Kier molecular flexibility index (Phi) is 5.60. The number of anilines is 1. The Labute approximate surface area is 174 Å². The predicted octanol–water partition coefficient (Wildman–Crippen LogP) is 3.44. The third-order valence-corrected chi connectivity index (χ3v) is 5.06. The second-order valence-electron chi connectivity index (χ2n) is 7.01. The van der Waals surface area contributed by atoms with Gasteiger partial charge in [-0.05, 0) is 79.9 Å². The molecule has 3 N–H and O–H groups in total. The molecule has 0 atom stereocenters. The highest BCUT2D eigenvalue weighted by atomic mass is 32.2. The van der Waals surface area contributed by atoms with Crippen LogP contribution in [0, 0.1) is 20.8 Å². The van der Waals surface area contributed by atoms with E-state index in [1.165, 1.54) is 17.0 Å². The smallest absolute Gasteiger partial charge is 0.380 e. The number of rotatable bonds is 5. The summed E-state index contributed by atoms with van der Waals surface area (Å²) in [5.74, 6) is 0.549. The fraction of sp³-hybridized carbons (Fsp3) is 0.190. The number of carbonyl (C=O) groups excluding carboxylic acids is 1. The maximum Gasteiger partial charge on any atom is 0.380 e. The van der Waals surface area contributed by atoms with Gasteiger partial charge in [-0.15, -0.1) is 0 Å².